The fourth-order valence-corrected chi connectivity index (χ4v) is 2.88. The number of carbonyl (C=O) groups excluding carboxylic acids is 1. The fourth-order valence-electron chi connectivity index (χ4n) is 2.88. The first-order valence-electron chi connectivity index (χ1n) is 7.93. The first-order valence-corrected chi connectivity index (χ1v) is 7.93. The summed E-state index contributed by atoms with van der Waals surface area (Å²) in [4.78, 5) is 14.3. The Morgan fingerprint density at radius 2 is 2.16 bits per heavy atom. The molecule has 19 heavy (non-hydrogen) atoms. The molecule has 1 saturated heterocycles. The largest absolute Gasteiger partial charge is 0.355 e. The van der Waals surface area contributed by atoms with Gasteiger partial charge in [0.15, 0.2) is 0 Å². The monoisotopic (exact) mass is 269 g/mol. The normalized spacial score (nSPS) is 22.2. The van der Waals surface area contributed by atoms with Gasteiger partial charge in [-0.2, -0.15) is 0 Å². The van der Waals surface area contributed by atoms with Gasteiger partial charge in [0.1, 0.15) is 0 Å². The third-order valence-electron chi connectivity index (χ3n) is 3.97. The van der Waals surface area contributed by atoms with Crippen molar-refractivity contribution in [2.45, 2.75) is 65.0 Å². The first-order chi connectivity index (χ1) is 9.19. The lowest BCUT2D eigenvalue weighted by Crippen LogP contribution is -2.53. The number of likely N-dealkylation sites (N-methyl/N-ethyl adjacent to an activating group) is 1. The van der Waals surface area contributed by atoms with Crippen molar-refractivity contribution >= 4 is 5.91 Å². The van der Waals surface area contributed by atoms with Crippen LogP contribution >= 0.6 is 0 Å². The van der Waals surface area contributed by atoms with Gasteiger partial charge in [-0.1, -0.05) is 26.7 Å². The van der Waals surface area contributed by atoms with Gasteiger partial charge in [-0.05, 0) is 39.3 Å². The number of carbonyl (C=O) groups is 1. The maximum Gasteiger partial charge on any atom is 0.234 e. The van der Waals surface area contributed by atoms with Crippen molar-refractivity contribution < 1.29 is 4.79 Å². The Bertz CT molecular complexity index is 258. The summed E-state index contributed by atoms with van der Waals surface area (Å²) < 4.78 is 0. The van der Waals surface area contributed by atoms with Gasteiger partial charge in [-0.25, -0.2) is 0 Å². The van der Waals surface area contributed by atoms with Gasteiger partial charge >= 0.3 is 0 Å². The summed E-state index contributed by atoms with van der Waals surface area (Å²) in [6.07, 6.45) is 5.91. The predicted molar refractivity (Wildman–Crippen MR) is 80.3 cm³/mol. The zero-order chi connectivity index (χ0) is 14.1. The number of amides is 1. The molecular formula is C15H31N3O. The molecule has 0 aromatic heterocycles. The molecule has 1 aliphatic heterocycles. The Balaban J connectivity index is 2.41. The zero-order valence-corrected chi connectivity index (χ0v) is 12.9. The third kappa shape index (κ3) is 5.91. The molecular weight excluding hydrogens is 238 g/mol. The van der Waals surface area contributed by atoms with Crippen LogP contribution < -0.4 is 10.6 Å². The van der Waals surface area contributed by atoms with Gasteiger partial charge in [0.05, 0.1) is 6.54 Å². The molecule has 0 bridgehead atoms. The molecule has 1 fully saturated rings. The topological polar surface area (TPSA) is 44.4 Å². The van der Waals surface area contributed by atoms with E-state index in [1.807, 2.05) is 0 Å². The zero-order valence-electron chi connectivity index (χ0n) is 12.9. The van der Waals surface area contributed by atoms with Crippen LogP contribution in [-0.2, 0) is 4.79 Å². The highest BCUT2D eigenvalue weighted by molar-refractivity contribution is 5.78. The maximum absolute atomic E-state index is 11.9. The summed E-state index contributed by atoms with van der Waals surface area (Å²) in [5.74, 6) is 0.184. The molecule has 0 spiro atoms. The number of hydrogen-bond acceptors (Lipinski definition) is 3. The SMILES string of the molecule is CCCCNC(=O)CN1CCCCC1C(C)NCC. The van der Waals surface area contributed by atoms with Gasteiger partial charge in [-0.15, -0.1) is 0 Å². The second kappa shape index (κ2) is 9.32. The molecule has 0 aromatic rings. The Hall–Kier alpha value is -0.610. The minimum atomic E-state index is 0.184. The molecule has 0 aromatic carbocycles. The molecule has 2 N–H and O–H groups in total. The average molecular weight is 269 g/mol. The number of nitrogens with one attached hydrogen (secondary N) is 2. The lowest BCUT2D eigenvalue weighted by Gasteiger charge is -2.39. The standard InChI is InChI=1S/C15H31N3O/c1-4-6-10-17-15(19)12-18-11-8-7-9-14(18)13(3)16-5-2/h13-14,16H,4-12H2,1-3H3,(H,17,19). The number of hydrogen-bond donors (Lipinski definition) is 2. The van der Waals surface area contributed by atoms with Crippen LogP contribution in [0.5, 0.6) is 0 Å². The Morgan fingerprint density at radius 1 is 1.37 bits per heavy atom. The van der Waals surface area contributed by atoms with E-state index in [0.717, 1.165) is 32.5 Å². The van der Waals surface area contributed by atoms with Crippen molar-refractivity contribution in [1.29, 1.82) is 0 Å². The van der Waals surface area contributed by atoms with Crippen LogP contribution in [0, 0.1) is 0 Å². The van der Waals surface area contributed by atoms with E-state index in [1.165, 1.54) is 19.3 Å². The molecule has 1 aliphatic rings. The Kier molecular flexibility index (Phi) is 8.07. The molecule has 1 heterocycles. The predicted octanol–water partition coefficient (Wildman–Crippen LogP) is 1.76. The molecule has 0 saturated carbocycles. The smallest absolute Gasteiger partial charge is 0.234 e. The van der Waals surface area contributed by atoms with Crippen LogP contribution in [0.15, 0.2) is 0 Å². The average Bonchev–Trinajstić information content (AvgIpc) is 2.40. The molecule has 4 nitrogen and oxygen atoms in total. The third-order valence-corrected chi connectivity index (χ3v) is 3.97. The van der Waals surface area contributed by atoms with E-state index >= 15 is 0 Å². The van der Waals surface area contributed by atoms with Crippen molar-refractivity contribution in [1.82, 2.24) is 15.5 Å². The van der Waals surface area contributed by atoms with Crippen LogP contribution in [0.3, 0.4) is 0 Å². The van der Waals surface area contributed by atoms with Crippen LogP contribution in [0.2, 0.25) is 0 Å². The van der Waals surface area contributed by atoms with Crippen molar-refractivity contribution in [2.24, 2.45) is 0 Å². The molecule has 0 aliphatic carbocycles. The van der Waals surface area contributed by atoms with Gasteiger partial charge in [-0.3, -0.25) is 9.69 Å². The Labute approximate surface area is 118 Å². The fraction of sp³-hybridized carbons (Fsp3) is 0.933. The molecule has 2 unspecified atom stereocenters. The molecule has 4 heteroatoms. The second-order valence-electron chi connectivity index (χ2n) is 5.58. The van der Waals surface area contributed by atoms with Crippen molar-refractivity contribution in [2.75, 3.05) is 26.2 Å². The summed E-state index contributed by atoms with van der Waals surface area (Å²) in [5, 5.41) is 6.52. The number of nitrogens with zero attached hydrogens (tertiary/aromatic N) is 1. The van der Waals surface area contributed by atoms with E-state index in [0.29, 0.717) is 18.6 Å². The van der Waals surface area contributed by atoms with E-state index < -0.39 is 0 Å². The quantitative estimate of drug-likeness (QED) is 0.660. The van der Waals surface area contributed by atoms with Crippen LogP contribution in [0.4, 0.5) is 0 Å². The molecule has 2 atom stereocenters. The number of unbranched alkanes of at least 4 members (excludes halogenated alkanes) is 1. The maximum atomic E-state index is 11.9. The van der Waals surface area contributed by atoms with Gasteiger partial charge < -0.3 is 10.6 Å². The second-order valence-corrected chi connectivity index (χ2v) is 5.58. The Morgan fingerprint density at radius 3 is 2.84 bits per heavy atom. The van der Waals surface area contributed by atoms with Crippen molar-refractivity contribution in [3.63, 3.8) is 0 Å². The summed E-state index contributed by atoms with van der Waals surface area (Å²) in [6.45, 7) is 9.95. The van der Waals surface area contributed by atoms with Crippen molar-refractivity contribution in [3.05, 3.63) is 0 Å². The first kappa shape index (κ1) is 16.4. The molecule has 1 amide bonds. The molecule has 0 radical (unpaired) electrons. The number of rotatable bonds is 8. The number of piperidine rings is 1. The molecule has 1 rings (SSSR count). The van der Waals surface area contributed by atoms with E-state index in [2.05, 4.69) is 36.3 Å². The highest BCUT2D eigenvalue weighted by Crippen LogP contribution is 2.19. The lowest BCUT2D eigenvalue weighted by atomic mass is 9.96. The minimum Gasteiger partial charge on any atom is -0.355 e. The minimum absolute atomic E-state index is 0.184. The van der Waals surface area contributed by atoms with E-state index in [9.17, 15) is 4.79 Å². The highest BCUT2D eigenvalue weighted by Gasteiger charge is 2.27. The van der Waals surface area contributed by atoms with Gasteiger partial charge in [0.2, 0.25) is 5.91 Å². The van der Waals surface area contributed by atoms with Gasteiger partial charge in [0.25, 0.3) is 0 Å². The van der Waals surface area contributed by atoms with E-state index in [-0.39, 0.29) is 5.91 Å². The summed E-state index contributed by atoms with van der Waals surface area (Å²) in [5.41, 5.74) is 0. The van der Waals surface area contributed by atoms with Gasteiger partial charge in [0, 0.05) is 18.6 Å². The van der Waals surface area contributed by atoms with Crippen molar-refractivity contribution in [3.8, 4) is 0 Å². The summed E-state index contributed by atoms with van der Waals surface area (Å²) >= 11 is 0. The van der Waals surface area contributed by atoms with E-state index in [1.54, 1.807) is 0 Å². The van der Waals surface area contributed by atoms with E-state index in [4.69, 9.17) is 0 Å². The highest BCUT2D eigenvalue weighted by atomic mass is 16.2. The van der Waals surface area contributed by atoms with Crippen LogP contribution in [0.1, 0.15) is 52.9 Å². The molecule has 112 valence electrons. The number of likely N-dealkylation sites (tertiary alicyclic amines) is 1. The lowest BCUT2D eigenvalue weighted by molar-refractivity contribution is -0.123. The summed E-state index contributed by atoms with van der Waals surface area (Å²) in [6, 6.07) is 0.972. The van der Waals surface area contributed by atoms with Crippen LogP contribution in [0.25, 0.3) is 0 Å². The summed E-state index contributed by atoms with van der Waals surface area (Å²) in [7, 11) is 0. The van der Waals surface area contributed by atoms with Crippen LogP contribution in [-0.4, -0.2) is 49.1 Å².